The van der Waals surface area contributed by atoms with Crippen LogP contribution in [0.1, 0.15) is 22.7 Å². The van der Waals surface area contributed by atoms with Crippen molar-refractivity contribution in [3.8, 4) is 0 Å². The molecule has 0 fully saturated rings. The van der Waals surface area contributed by atoms with Gasteiger partial charge in [-0.2, -0.15) is 13.2 Å². The van der Waals surface area contributed by atoms with Gasteiger partial charge in [0.15, 0.2) is 0 Å². The minimum Gasteiger partial charge on any atom is -0.309 e. The maximum Gasteiger partial charge on any atom is 0.416 e. The fourth-order valence-electron chi connectivity index (χ4n) is 2.08. The van der Waals surface area contributed by atoms with E-state index in [9.17, 15) is 17.6 Å². The molecule has 21 heavy (non-hydrogen) atoms. The molecule has 0 spiro atoms. The van der Waals surface area contributed by atoms with Crippen LogP contribution in [0.5, 0.6) is 0 Å². The van der Waals surface area contributed by atoms with Crippen molar-refractivity contribution in [1.82, 2.24) is 5.32 Å². The first-order valence-corrected chi connectivity index (χ1v) is 6.50. The van der Waals surface area contributed by atoms with E-state index in [0.29, 0.717) is 11.1 Å². The van der Waals surface area contributed by atoms with E-state index in [1.165, 1.54) is 24.3 Å². The molecule has 1 unspecified atom stereocenters. The van der Waals surface area contributed by atoms with Crippen LogP contribution in [-0.4, -0.2) is 7.05 Å². The number of rotatable bonds is 3. The van der Waals surface area contributed by atoms with Gasteiger partial charge in [-0.1, -0.05) is 29.8 Å². The molecule has 0 aliphatic rings. The van der Waals surface area contributed by atoms with Gasteiger partial charge in [0.25, 0.3) is 0 Å². The van der Waals surface area contributed by atoms with Crippen molar-refractivity contribution in [3.63, 3.8) is 0 Å². The summed E-state index contributed by atoms with van der Waals surface area (Å²) in [6.07, 6.45) is -4.37. The average Bonchev–Trinajstić information content (AvgIpc) is 2.43. The van der Waals surface area contributed by atoms with E-state index in [1.807, 2.05) is 0 Å². The van der Waals surface area contributed by atoms with Crippen LogP contribution in [0.15, 0.2) is 42.5 Å². The minimum absolute atomic E-state index is 0.000947. The highest BCUT2D eigenvalue weighted by Gasteiger charge is 2.30. The van der Waals surface area contributed by atoms with Gasteiger partial charge in [0.2, 0.25) is 0 Å². The summed E-state index contributed by atoms with van der Waals surface area (Å²) in [4.78, 5) is 0. The van der Waals surface area contributed by atoms with Gasteiger partial charge in [0.05, 0.1) is 16.6 Å². The first-order valence-electron chi connectivity index (χ1n) is 6.12. The van der Waals surface area contributed by atoms with Crippen molar-refractivity contribution in [3.05, 3.63) is 70.0 Å². The van der Waals surface area contributed by atoms with E-state index < -0.39 is 23.6 Å². The third-order valence-corrected chi connectivity index (χ3v) is 3.44. The molecule has 1 nitrogen and oxygen atoms in total. The Morgan fingerprint density at radius 3 is 2.05 bits per heavy atom. The summed E-state index contributed by atoms with van der Waals surface area (Å²) in [7, 11) is 1.65. The van der Waals surface area contributed by atoms with Gasteiger partial charge >= 0.3 is 6.18 Å². The zero-order chi connectivity index (χ0) is 15.6. The average molecular weight is 318 g/mol. The minimum atomic E-state index is -4.37. The Hall–Kier alpha value is -1.59. The fourth-order valence-corrected chi connectivity index (χ4v) is 2.20. The van der Waals surface area contributed by atoms with Crippen molar-refractivity contribution in [2.24, 2.45) is 0 Å². The lowest BCUT2D eigenvalue weighted by Crippen LogP contribution is -2.18. The maximum absolute atomic E-state index is 13.5. The van der Waals surface area contributed by atoms with Crippen LogP contribution < -0.4 is 5.32 Å². The molecule has 0 aliphatic heterocycles. The van der Waals surface area contributed by atoms with E-state index in [-0.39, 0.29) is 5.02 Å². The van der Waals surface area contributed by atoms with Crippen molar-refractivity contribution < 1.29 is 17.6 Å². The molecule has 2 aromatic carbocycles. The Bertz CT molecular complexity index is 623. The number of hydrogen-bond donors (Lipinski definition) is 1. The van der Waals surface area contributed by atoms with Crippen molar-refractivity contribution >= 4 is 11.6 Å². The fraction of sp³-hybridized carbons (Fsp3) is 0.200. The SMILES string of the molecule is CNC(c1ccc(C(F)(F)F)cc1)c1ccc(Cl)c(F)c1. The standard InChI is InChI=1S/C15H12ClF4N/c1-21-14(10-4-7-12(16)13(17)8-10)9-2-5-11(6-3-9)15(18,19)20/h2-8,14,21H,1H3. The second-order valence-corrected chi connectivity index (χ2v) is 4.92. The summed E-state index contributed by atoms with van der Waals surface area (Å²) in [5, 5.41) is 2.95. The Morgan fingerprint density at radius 2 is 1.57 bits per heavy atom. The molecule has 0 amide bonds. The van der Waals surface area contributed by atoms with Crippen LogP contribution in [0.4, 0.5) is 17.6 Å². The van der Waals surface area contributed by atoms with Crippen LogP contribution >= 0.6 is 11.6 Å². The molecular formula is C15H12ClF4N. The molecule has 1 atom stereocenters. The third-order valence-electron chi connectivity index (χ3n) is 3.14. The smallest absolute Gasteiger partial charge is 0.309 e. The molecule has 0 saturated carbocycles. The van der Waals surface area contributed by atoms with Crippen LogP contribution in [0.2, 0.25) is 5.02 Å². The molecule has 2 rings (SSSR count). The zero-order valence-corrected chi connectivity index (χ0v) is 11.8. The van der Waals surface area contributed by atoms with Crippen molar-refractivity contribution in [2.45, 2.75) is 12.2 Å². The highest BCUT2D eigenvalue weighted by atomic mass is 35.5. The number of benzene rings is 2. The predicted octanol–water partition coefficient (Wildman–Crippen LogP) is 4.81. The molecular weight excluding hydrogens is 306 g/mol. The highest BCUT2D eigenvalue weighted by molar-refractivity contribution is 6.30. The van der Waals surface area contributed by atoms with Gasteiger partial charge in [-0.15, -0.1) is 0 Å². The summed E-state index contributed by atoms with van der Waals surface area (Å²) in [6.45, 7) is 0. The second-order valence-electron chi connectivity index (χ2n) is 4.52. The van der Waals surface area contributed by atoms with Gasteiger partial charge in [-0.05, 0) is 42.4 Å². The van der Waals surface area contributed by atoms with Gasteiger partial charge < -0.3 is 5.32 Å². The van der Waals surface area contributed by atoms with Crippen LogP contribution in [0, 0.1) is 5.82 Å². The van der Waals surface area contributed by atoms with E-state index in [4.69, 9.17) is 11.6 Å². The van der Waals surface area contributed by atoms with Crippen LogP contribution in [0.25, 0.3) is 0 Å². The number of alkyl halides is 3. The molecule has 0 aromatic heterocycles. The van der Waals surface area contributed by atoms with E-state index in [1.54, 1.807) is 13.1 Å². The van der Waals surface area contributed by atoms with E-state index in [0.717, 1.165) is 12.1 Å². The van der Waals surface area contributed by atoms with Crippen molar-refractivity contribution in [1.29, 1.82) is 0 Å². The molecule has 1 N–H and O–H groups in total. The molecule has 0 bridgehead atoms. The van der Waals surface area contributed by atoms with Crippen molar-refractivity contribution in [2.75, 3.05) is 7.05 Å². The summed E-state index contributed by atoms with van der Waals surface area (Å²) >= 11 is 5.63. The number of hydrogen-bond acceptors (Lipinski definition) is 1. The molecule has 6 heteroatoms. The number of nitrogens with one attached hydrogen (secondary N) is 1. The van der Waals surface area contributed by atoms with Gasteiger partial charge in [-0.25, -0.2) is 4.39 Å². The van der Waals surface area contributed by atoms with E-state index >= 15 is 0 Å². The van der Waals surface area contributed by atoms with E-state index in [2.05, 4.69) is 5.32 Å². The van der Waals surface area contributed by atoms with Gasteiger partial charge in [-0.3, -0.25) is 0 Å². The normalized spacial score (nSPS) is 13.2. The lowest BCUT2D eigenvalue weighted by Gasteiger charge is -2.18. The van der Waals surface area contributed by atoms with Gasteiger partial charge in [0, 0.05) is 0 Å². The molecule has 112 valence electrons. The van der Waals surface area contributed by atoms with Gasteiger partial charge in [0.1, 0.15) is 5.82 Å². The molecule has 0 aliphatic carbocycles. The lowest BCUT2D eigenvalue weighted by atomic mass is 9.97. The summed E-state index contributed by atoms with van der Waals surface area (Å²) in [5.74, 6) is -0.568. The van der Waals surface area contributed by atoms with Crippen LogP contribution in [-0.2, 0) is 6.18 Å². The molecule has 0 radical (unpaired) electrons. The predicted molar refractivity (Wildman–Crippen MR) is 73.8 cm³/mol. The highest BCUT2D eigenvalue weighted by Crippen LogP contribution is 2.31. The maximum atomic E-state index is 13.5. The molecule has 0 saturated heterocycles. The zero-order valence-electron chi connectivity index (χ0n) is 11.0. The second kappa shape index (κ2) is 6.03. The topological polar surface area (TPSA) is 12.0 Å². The summed E-state index contributed by atoms with van der Waals surface area (Å²) in [6, 6.07) is 8.65. The molecule has 0 heterocycles. The Balaban J connectivity index is 2.35. The Labute approximate surface area is 124 Å². The third kappa shape index (κ3) is 3.54. The summed E-state index contributed by atoms with van der Waals surface area (Å²) < 4.78 is 51.1. The Morgan fingerprint density at radius 1 is 1.00 bits per heavy atom. The molecule has 2 aromatic rings. The largest absolute Gasteiger partial charge is 0.416 e. The first kappa shape index (κ1) is 15.8. The quantitative estimate of drug-likeness (QED) is 0.801. The first-order chi connectivity index (χ1) is 9.82. The lowest BCUT2D eigenvalue weighted by molar-refractivity contribution is -0.137. The monoisotopic (exact) mass is 317 g/mol. The number of halogens is 5. The van der Waals surface area contributed by atoms with Crippen LogP contribution in [0.3, 0.4) is 0 Å². The Kier molecular flexibility index (Phi) is 4.54. The summed E-state index contributed by atoms with van der Waals surface area (Å²) in [5.41, 5.74) is 0.467.